The van der Waals surface area contributed by atoms with Crippen LogP contribution in [0.15, 0.2) is 115 Å². The number of rotatable bonds is 2. The minimum atomic E-state index is 1.00. The molecule has 0 radical (unpaired) electrons. The first-order chi connectivity index (χ1) is 19.1. The van der Waals surface area contributed by atoms with E-state index in [1.807, 2.05) is 11.3 Å². The van der Waals surface area contributed by atoms with Gasteiger partial charge in [0.05, 0.1) is 11.2 Å². The van der Waals surface area contributed by atoms with Crippen molar-refractivity contribution in [2.75, 3.05) is 0 Å². The highest BCUT2D eigenvalue weighted by atomic mass is 32.1. The summed E-state index contributed by atoms with van der Waals surface area (Å²) < 4.78 is 2.67. The Hall–Kier alpha value is -4.53. The summed E-state index contributed by atoms with van der Waals surface area (Å²) in [5.74, 6) is 0. The van der Waals surface area contributed by atoms with Crippen molar-refractivity contribution in [3.63, 3.8) is 0 Å². The zero-order chi connectivity index (χ0) is 26.1. The van der Waals surface area contributed by atoms with E-state index < -0.39 is 0 Å². The second-order valence-electron chi connectivity index (χ2n) is 10.6. The summed E-state index contributed by atoms with van der Waals surface area (Å²) in [5.41, 5.74) is 8.25. The van der Waals surface area contributed by atoms with Crippen LogP contribution in [0.5, 0.6) is 0 Å². The molecule has 0 unspecified atom stereocenters. The molecule has 0 spiro atoms. The van der Waals surface area contributed by atoms with Crippen LogP contribution in [0, 0.1) is 13.8 Å². The summed E-state index contributed by atoms with van der Waals surface area (Å²) >= 11 is 1.88. The summed E-state index contributed by atoms with van der Waals surface area (Å²) in [6, 6.07) is 42.2. The van der Waals surface area contributed by atoms with Gasteiger partial charge >= 0.3 is 0 Å². The van der Waals surface area contributed by atoms with Gasteiger partial charge in [-0.3, -0.25) is 0 Å². The second-order valence-corrected chi connectivity index (χ2v) is 11.6. The van der Waals surface area contributed by atoms with Gasteiger partial charge in [0.1, 0.15) is 0 Å². The van der Waals surface area contributed by atoms with E-state index in [0.29, 0.717) is 0 Å². The molecular weight excluding hydrogens is 490 g/mol. The fourth-order valence-corrected chi connectivity index (χ4v) is 7.30. The number of pyridine rings is 1. The minimum absolute atomic E-state index is 1.00. The molecule has 1 nitrogen and oxygen atoms in total. The SMILES string of the molecule is Cc1ccc2c(c1)c1cc(C)ccc1c1nc(-c3cccc(-c4cccc5c4sc4ccccc45)c3)ccc21. The molecule has 2 aromatic heterocycles. The molecule has 0 bridgehead atoms. The Labute approximate surface area is 231 Å². The molecule has 2 heterocycles. The molecule has 8 aromatic rings. The van der Waals surface area contributed by atoms with Crippen LogP contribution in [-0.4, -0.2) is 4.98 Å². The van der Waals surface area contributed by atoms with Gasteiger partial charge in [-0.05, 0) is 65.4 Å². The Morgan fingerprint density at radius 1 is 0.487 bits per heavy atom. The maximum absolute atomic E-state index is 5.31. The normalized spacial score (nSPS) is 11.8. The van der Waals surface area contributed by atoms with Gasteiger partial charge < -0.3 is 0 Å². The summed E-state index contributed by atoms with van der Waals surface area (Å²) in [7, 11) is 0. The van der Waals surface area contributed by atoms with E-state index in [4.69, 9.17) is 4.98 Å². The van der Waals surface area contributed by atoms with Gasteiger partial charge in [0.2, 0.25) is 0 Å². The third-order valence-electron chi connectivity index (χ3n) is 7.95. The highest BCUT2D eigenvalue weighted by Gasteiger charge is 2.14. The molecule has 8 rings (SSSR count). The first kappa shape index (κ1) is 22.5. The molecule has 0 aliphatic rings. The third-order valence-corrected chi connectivity index (χ3v) is 9.17. The Bertz CT molecular complexity index is 2250. The lowest BCUT2D eigenvalue weighted by Gasteiger charge is -2.13. The van der Waals surface area contributed by atoms with E-state index in [0.717, 1.165) is 16.8 Å². The van der Waals surface area contributed by atoms with Gasteiger partial charge in [0, 0.05) is 36.5 Å². The smallest absolute Gasteiger partial charge is 0.0794 e. The number of thiophene rings is 1. The molecule has 0 saturated heterocycles. The first-order valence-corrected chi connectivity index (χ1v) is 14.2. The van der Waals surface area contributed by atoms with Crippen LogP contribution in [0.2, 0.25) is 0 Å². The molecule has 2 heteroatoms. The molecule has 0 aliphatic heterocycles. The Morgan fingerprint density at radius 2 is 1.15 bits per heavy atom. The van der Waals surface area contributed by atoms with Crippen LogP contribution in [0.4, 0.5) is 0 Å². The van der Waals surface area contributed by atoms with Crippen molar-refractivity contribution in [3.05, 3.63) is 126 Å². The van der Waals surface area contributed by atoms with Crippen molar-refractivity contribution in [1.29, 1.82) is 0 Å². The fraction of sp³-hybridized carbons (Fsp3) is 0.0541. The van der Waals surface area contributed by atoms with Crippen molar-refractivity contribution in [1.82, 2.24) is 4.98 Å². The topological polar surface area (TPSA) is 12.9 Å². The van der Waals surface area contributed by atoms with Crippen LogP contribution in [0.25, 0.3) is 75.0 Å². The van der Waals surface area contributed by atoms with Crippen LogP contribution >= 0.6 is 11.3 Å². The van der Waals surface area contributed by atoms with Gasteiger partial charge in [-0.2, -0.15) is 0 Å². The van der Waals surface area contributed by atoms with Gasteiger partial charge in [0.25, 0.3) is 0 Å². The summed E-state index contributed by atoms with van der Waals surface area (Å²) in [6.07, 6.45) is 0. The predicted octanol–water partition coefficient (Wildman–Crippen LogP) is 10.9. The molecule has 0 N–H and O–H groups in total. The lowest BCUT2D eigenvalue weighted by Crippen LogP contribution is -1.91. The zero-order valence-electron chi connectivity index (χ0n) is 21.8. The largest absolute Gasteiger partial charge is 0.247 e. The number of aryl methyl sites for hydroxylation is 2. The number of fused-ring (bicyclic) bond motifs is 9. The van der Waals surface area contributed by atoms with Crippen molar-refractivity contribution in [2.24, 2.45) is 0 Å². The van der Waals surface area contributed by atoms with Gasteiger partial charge in [0.15, 0.2) is 0 Å². The standard InChI is InChI=1S/C37H25NS/c1-22-13-15-27-29-17-18-34(38-36(29)30-16-14-23(2)20-33(30)32(27)19-22)25-8-5-7-24(21-25)26-10-6-11-31-28-9-3-4-12-35(28)39-37(26)31/h3-21H,1-2H3. The lowest BCUT2D eigenvalue weighted by molar-refractivity contribution is 1.41. The predicted molar refractivity (Wildman–Crippen MR) is 170 cm³/mol. The van der Waals surface area contributed by atoms with Crippen LogP contribution < -0.4 is 0 Å². The second kappa shape index (κ2) is 8.49. The highest BCUT2D eigenvalue weighted by molar-refractivity contribution is 7.26. The van der Waals surface area contributed by atoms with Crippen LogP contribution in [-0.2, 0) is 0 Å². The van der Waals surface area contributed by atoms with Crippen molar-refractivity contribution >= 4 is 64.0 Å². The number of hydrogen-bond acceptors (Lipinski definition) is 2. The van der Waals surface area contributed by atoms with Gasteiger partial charge in [-0.15, -0.1) is 11.3 Å². The molecular formula is C37H25NS. The van der Waals surface area contributed by atoms with E-state index >= 15 is 0 Å². The third kappa shape index (κ3) is 3.49. The Kier molecular flexibility index (Phi) is 4.89. The van der Waals surface area contributed by atoms with E-state index in [1.165, 1.54) is 69.4 Å². The number of nitrogens with zero attached hydrogens (tertiary/aromatic N) is 1. The first-order valence-electron chi connectivity index (χ1n) is 13.4. The van der Waals surface area contributed by atoms with E-state index in [-0.39, 0.29) is 0 Å². The highest BCUT2D eigenvalue weighted by Crippen LogP contribution is 2.41. The maximum Gasteiger partial charge on any atom is 0.0794 e. The van der Waals surface area contributed by atoms with Gasteiger partial charge in [-0.1, -0.05) is 102 Å². The molecule has 0 fully saturated rings. The monoisotopic (exact) mass is 515 g/mol. The van der Waals surface area contributed by atoms with E-state index in [2.05, 4.69) is 129 Å². The summed E-state index contributed by atoms with van der Waals surface area (Å²) in [5, 5.41) is 8.91. The molecule has 0 atom stereocenters. The van der Waals surface area contributed by atoms with E-state index in [1.54, 1.807) is 0 Å². The molecule has 0 amide bonds. The van der Waals surface area contributed by atoms with E-state index in [9.17, 15) is 0 Å². The number of aromatic nitrogens is 1. The Morgan fingerprint density at radius 3 is 2.03 bits per heavy atom. The quantitative estimate of drug-likeness (QED) is 0.209. The average molecular weight is 516 g/mol. The summed E-state index contributed by atoms with van der Waals surface area (Å²) in [6.45, 7) is 4.33. The average Bonchev–Trinajstić information content (AvgIpc) is 3.36. The van der Waals surface area contributed by atoms with Crippen molar-refractivity contribution in [2.45, 2.75) is 13.8 Å². The van der Waals surface area contributed by atoms with Crippen LogP contribution in [0.1, 0.15) is 11.1 Å². The number of benzene rings is 6. The number of hydrogen-bond donors (Lipinski definition) is 0. The molecule has 184 valence electrons. The minimum Gasteiger partial charge on any atom is -0.247 e. The van der Waals surface area contributed by atoms with Gasteiger partial charge in [-0.25, -0.2) is 4.98 Å². The fourth-order valence-electron chi connectivity index (χ4n) is 6.07. The molecule has 6 aromatic carbocycles. The summed E-state index contributed by atoms with van der Waals surface area (Å²) in [4.78, 5) is 5.31. The molecule has 0 saturated carbocycles. The van der Waals surface area contributed by atoms with Crippen molar-refractivity contribution < 1.29 is 0 Å². The lowest BCUT2D eigenvalue weighted by atomic mass is 9.94. The van der Waals surface area contributed by atoms with Crippen molar-refractivity contribution in [3.8, 4) is 22.4 Å². The van der Waals surface area contributed by atoms with Crippen LogP contribution in [0.3, 0.4) is 0 Å². The molecule has 39 heavy (non-hydrogen) atoms. The maximum atomic E-state index is 5.31. The Balaban J connectivity index is 1.34. The molecule has 0 aliphatic carbocycles. The zero-order valence-corrected chi connectivity index (χ0v) is 22.6.